The van der Waals surface area contributed by atoms with E-state index < -0.39 is 6.61 Å². The van der Waals surface area contributed by atoms with Crippen LogP contribution in [0.1, 0.15) is 21.1 Å². The van der Waals surface area contributed by atoms with Crippen molar-refractivity contribution in [2.75, 3.05) is 13.8 Å². The zero-order valence-electron chi connectivity index (χ0n) is 13.2. The summed E-state index contributed by atoms with van der Waals surface area (Å²) in [5.41, 5.74) is 6.12. The molecule has 0 saturated heterocycles. The monoisotopic (exact) mass is 371 g/mol. The van der Waals surface area contributed by atoms with Crippen molar-refractivity contribution in [2.45, 2.75) is 19.7 Å². The maximum absolute atomic E-state index is 12.7. The second kappa shape index (κ2) is 7.19. The Hall–Kier alpha value is -2.46. The number of benzene rings is 1. The van der Waals surface area contributed by atoms with Gasteiger partial charge < -0.3 is 24.8 Å². The number of fused-ring (bicyclic) bond motifs is 1. The van der Waals surface area contributed by atoms with Gasteiger partial charge in [0.2, 0.25) is 6.79 Å². The van der Waals surface area contributed by atoms with Crippen molar-refractivity contribution in [1.82, 2.24) is 9.88 Å². The molecule has 0 radical (unpaired) electrons. The van der Waals surface area contributed by atoms with E-state index in [1.807, 2.05) is 0 Å². The van der Waals surface area contributed by atoms with Crippen molar-refractivity contribution in [3.63, 3.8) is 0 Å². The quantitative estimate of drug-likeness (QED) is 0.838. The zero-order chi connectivity index (χ0) is 18.0. The normalized spacial score (nSPS) is 12.5. The molecular weight excluding hydrogens is 356 g/mol. The van der Waals surface area contributed by atoms with Gasteiger partial charge in [0.05, 0.1) is 0 Å². The molecule has 0 unspecified atom stereocenters. The van der Waals surface area contributed by atoms with Crippen LogP contribution in [-0.2, 0) is 13.1 Å². The molecule has 0 fully saturated rings. The Morgan fingerprint density at radius 1 is 1.44 bits per heavy atom. The van der Waals surface area contributed by atoms with E-state index in [4.69, 9.17) is 15.2 Å². The van der Waals surface area contributed by atoms with Gasteiger partial charge in [0, 0.05) is 37.1 Å². The summed E-state index contributed by atoms with van der Waals surface area (Å²) in [4.78, 5) is 17.9. The minimum Gasteiger partial charge on any atom is -0.454 e. The lowest BCUT2D eigenvalue weighted by Gasteiger charge is -2.19. The van der Waals surface area contributed by atoms with Gasteiger partial charge in [0.25, 0.3) is 5.91 Å². The molecule has 2 aromatic rings. The van der Waals surface area contributed by atoms with Crippen LogP contribution in [0, 0.1) is 0 Å². The summed E-state index contributed by atoms with van der Waals surface area (Å²) in [5, 5.41) is 2.25. The zero-order valence-corrected chi connectivity index (χ0v) is 14.0. The van der Waals surface area contributed by atoms with Crippen molar-refractivity contribution in [2.24, 2.45) is 5.73 Å². The van der Waals surface area contributed by atoms with E-state index in [2.05, 4.69) is 9.72 Å². The minimum atomic E-state index is -2.99. The Bertz CT molecular complexity index is 784. The van der Waals surface area contributed by atoms with Crippen molar-refractivity contribution < 1.29 is 27.8 Å². The van der Waals surface area contributed by atoms with Gasteiger partial charge in [-0.3, -0.25) is 4.79 Å². The number of hydrogen-bond acceptors (Lipinski definition) is 7. The molecule has 1 aliphatic rings. The Labute approximate surface area is 145 Å². The number of aromatic nitrogens is 1. The summed E-state index contributed by atoms with van der Waals surface area (Å²) in [6.45, 7) is -2.71. The summed E-state index contributed by atoms with van der Waals surface area (Å²) in [6, 6.07) is 2.85. The summed E-state index contributed by atoms with van der Waals surface area (Å²) in [6.07, 6.45) is 0. The predicted octanol–water partition coefficient (Wildman–Crippen LogP) is 2.20. The average Bonchev–Trinajstić information content (AvgIpc) is 3.22. The average molecular weight is 371 g/mol. The smallest absolute Gasteiger partial charge is 0.387 e. The SMILES string of the molecule is CN(Cc1cc2c(cc1OC(F)F)OCO2)C(=O)c1csc(CN)n1. The van der Waals surface area contributed by atoms with Crippen LogP contribution in [0.15, 0.2) is 17.5 Å². The number of alkyl halides is 2. The van der Waals surface area contributed by atoms with E-state index in [9.17, 15) is 13.6 Å². The van der Waals surface area contributed by atoms with Gasteiger partial charge in [0.15, 0.2) is 11.5 Å². The Kier molecular flexibility index (Phi) is 5.00. The first kappa shape index (κ1) is 17.4. The second-order valence-corrected chi connectivity index (χ2v) is 6.13. The molecule has 10 heteroatoms. The highest BCUT2D eigenvalue weighted by atomic mass is 32.1. The molecule has 25 heavy (non-hydrogen) atoms. The van der Waals surface area contributed by atoms with Gasteiger partial charge in [-0.1, -0.05) is 0 Å². The standard InChI is InChI=1S/C15H15F2N3O4S/c1-20(14(21)9-6-25-13(4-18)19-9)5-8-2-11-12(23-7-22-11)3-10(8)24-15(16)17/h2-3,6,15H,4-5,7,18H2,1H3. The Balaban J connectivity index is 1.82. The van der Waals surface area contributed by atoms with Crippen molar-refractivity contribution in [3.05, 3.63) is 33.8 Å². The number of nitrogens with zero attached hydrogens (tertiary/aromatic N) is 2. The van der Waals surface area contributed by atoms with Gasteiger partial charge in [-0.2, -0.15) is 8.78 Å². The molecule has 0 spiro atoms. The number of thiazole rings is 1. The summed E-state index contributed by atoms with van der Waals surface area (Å²) >= 11 is 1.29. The lowest BCUT2D eigenvalue weighted by molar-refractivity contribution is -0.0507. The van der Waals surface area contributed by atoms with E-state index in [1.165, 1.54) is 28.4 Å². The molecule has 3 rings (SSSR count). The maximum Gasteiger partial charge on any atom is 0.387 e. The summed E-state index contributed by atoms with van der Waals surface area (Å²) < 4.78 is 40.3. The molecular formula is C15H15F2N3O4S. The largest absolute Gasteiger partial charge is 0.454 e. The fourth-order valence-corrected chi connectivity index (χ4v) is 2.97. The van der Waals surface area contributed by atoms with Gasteiger partial charge in [-0.15, -0.1) is 11.3 Å². The van der Waals surface area contributed by atoms with Crippen LogP contribution in [0.2, 0.25) is 0 Å². The lowest BCUT2D eigenvalue weighted by Crippen LogP contribution is -2.27. The van der Waals surface area contributed by atoms with E-state index in [1.54, 1.807) is 12.4 Å². The minimum absolute atomic E-state index is 0.00235. The fraction of sp³-hybridized carbons (Fsp3) is 0.333. The molecule has 1 amide bonds. The van der Waals surface area contributed by atoms with E-state index >= 15 is 0 Å². The van der Waals surface area contributed by atoms with E-state index in [-0.39, 0.29) is 37.2 Å². The maximum atomic E-state index is 12.7. The highest BCUT2D eigenvalue weighted by Gasteiger charge is 2.23. The molecule has 2 heterocycles. The summed E-state index contributed by atoms with van der Waals surface area (Å²) in [7, 11) is 1.54. The topological polar surface area (TPSA) is 86.9 Å². The molecule has 0 bridgehead atoms. The molecule has 0 aliphatic carbocycles. The predicted molar refractivity (Wildman–Crippen MR) is 85.0 cm³/mol. The third-order valence-corrected chi connectivity index (χ3v) is 4.34. The number of rotatable bonds is 6. The number of ether oxygens (including phenoxy) is 3. The molecule has 1 aromatic heterocycles. The second-order valence-electron chi connectivity index (χ2n) is 5.18. The van der Waals surface area contributed by atoms with Gasteiger partial charge in [-0.25, -0.2) is 4.98 Å². The van der Waals surface area contributed by atoms with Crippen LogP contribution in [0.3, 0.4) is 0 Å². The first-order valence-corrected chi connectivity index (χ1v) is 8.13. The highest BCUT2D eigenvalue weighted by molar-refractivity contribution is 7.09. The lowest BCUT2D eigenvalue weighted by atomic mass is 10.1. The number of carbonyl (C=O) groups is 1. The van der Waals surface area contributed by atoms with Crippen LogP contribution in [0.4, 0.5) is 8.78 Å². The Morgan fingerprint density at radius 3 is 2.80 bits per heavy atom. The van der Waals surface area contributed by atoms with Crippen molar-refractivity contribution in [3.8, 4) is 17.2 Å². The van der Waals surface area contributed by atoms with Gasteiger partial charge in [0.1, 0.15) is 16.5 Å². The molecule has 1 aromatic carbocycles. The molecule has 134 valence electrons. The summed E-state index contributed by atoms with van der Waals surface area (Å²) in [5.74, 6) is 0.313. The van der Waals surface area contributed by atoms with Crippen LogP contribution in [0.5, 0.6) is 17.2 Å². The van der Waals surface area contributed by atoms with Gasteiger partial charge >= 0.3 is 6.61 Å². The van der Waals surface area contributed by atoms with Gasteiger partial charge in [-0.05, 0) is 6.07 Å². The number of halogens is 2. The first-order chi connectivity index (χ1) is 12.0. The Morgan fingerprint density at radius 2 is 2.16 bits per heavy atom. The third-order valence-electron chi connectivity index (χ3n) is 3.47. The molecule has 7 nitrogen and oxygen atoms in total. The van der Waals surface area contributed by atoms with Crippen LogP contribution in [0.25, 0.3) is 0 Å². The highest BCUT2D eigenvalue weighted by Crippen LogP contribution is 2.39. The van der Waals surface area contributed by atoms with E-state index in [0.717, 1.165) is 0 Å². The van der Waals surface area contributed by atoms with Crippen molar-refractivity contribution >= 4 is 17.2 Å². The fourth-order valence-electron chi connectivity index (χ4n) is 2.32. The number of nitrogens with two attached hydrogens (primary N) is 1. The van der Waals surface area contributed by atoms with E-state index in [0.29, 0.717) is 22.1 Å². The first-order valence-electron chi connectivity index (χ1n) is 7.25. The molecule has 0 atom stereocenters. The number of hydrogen-bond donors (Lipinski definition) is 1. The number of amides is 1. The van der Waals surface area contributed by atoms with Crippen LogP contribution in [-0.4, -0.2) is 36.2 Å². The number of carbonyl (C=O) groups excluding carboxylic acids is 1. The van der Waals surface area contributed by atoms with Crippen molar-refractivity contribution in [1.29, 1.82) is 0 Å². The van der Waals surface area contributed by atoms with Crippen LogP contribution >= 0.6 is 11.3 Å². The molecule has 2 N–H and O–H groups in total. The van der Waals surface area contributed by atoms with Crippen LogP contribution < -0.4 is 19.9 Å². The molecule has 0 saturated carbocycles. The molecule has 1 aliphatic heterocycles. The third kappa shape index (κ3) is 3.80.